The first-order valence-electron chi connectivity index (χ1n) is 8.77. The highest BCUT2D eigenvalue weighted by molar-refractivity contribution is 5.75. The van der Waals surface area contributed by atoms with Crippen molar-refractivity contribution >= 4 is 11.0 Å². The Morgan fingerprint density at radius 2 is 1.79 bits per heavy atom. The van der Waals surface area contributed by atoms with Crippen molar-refractivity contribution in [2.75, 3.05) is 6.61 Å². The van der Waals surface area contributed by atoms with Gasteiger partial charge in [-0.3, -0.25) is 0 Å². The monoisotopic (exact) mass is 322 g/mol. The summed E-state index contributed by atoms with van der Waals surface area (Å²) in [5.74, 6) is 2.73. The Morgan fingerprint density at radius 3 is 2.54 bits per heavy atom. The number of nitrogens with zero attached hydrogens (tertiary/aromatic N) is 2. The van der Waals surface area contributed by atoms with E-state index in [1.807, 2.05) is 12.1 Å². The normalized spacial score (nSPS) is 11.3. The summed E-state index contributed by atoms with van der Waals surface area (Å²) in [4.78, 5) is 4.82. The molecule has 0 aliphatic carbocycles. The summed E-state index contributed by atoms with van der Waals surface area (Å²) in [6.45, 7) is 8.23. The SMILES string of the molecule is Cc1ccc(OCCCn2c(CC(C)C)nc3ccccc32)cc1. The van der Waals surface area contributed by atoms with Crippen LogP contribution in [0.2, 0.25) is 0 Å². The molecule has 0 bridgehead atoms. The average molecular weight is 322 g/mol. The van der Waals surface area contributed by atoms with E-state index in [1.165, 1.54) is 16.9 Å². The highest BCUT2D eigenvalue weighted by atomic mass is 16.5. The van der Waals surface area contributed by atoms with Gasteiger partial charge in [-0.15, -0.1) is 0 Å². The van der Waals surface area contributed by atoms with Gasteiger partial charge in [-0.05, 0) is 43.5 Å². The third-order valence-corrected chi connectivity index (χ3v) is 4.14. The zero-order valence-corrected chi connectivity index (χ0v) is 14.8. The maximum atomic E-state index is 5.86. The van der Waals surface area contributed by atoms with Crippen LogP contribution in [0.3, 0.4) is 0 Å². The molecule has 3 rings (SSSR count). The molecule has 0 aliphatic rings. The fourth-order valence-corrected chi connectivity index (χ4v) is 2.94. The van der Waals surface area contributed by atoms with Crippen LogP contribution in [-0.4, -0.2) is 16.2 Å². The maximum absolute atomic E-state index is 5.86. The van der Waals surface area contributed by atoms with E-state index in [4.69, 9.17) is 9.72 Å². The minimum atomic E-state index is 0.601. The molecular weight excluding hydrogens is 296 g/mol. The van der Waals surface area contributed by atoms with Crippen molar-refractivity contribution < 1.29 is 4.74 Å². The predicted molar refractivity (Wildman–Crippen MR) is 99.6 cm³/mol. The average Bonchev–Trinajstić information content (AvgIpc) is 2.90. The quantitative estimate of drug-likeness (QED) is 0.572. The predicted octanol–water partition coefficient (Wildman–Crippen LogP) is 5.01. The number of hydrogen-bond acceptors (Lipinski definition) is 2. The Bertz CT molecular complexity index is 787. The molecule has 1 heterocycles. The van der Waals surface area contributed by atoms with Gasteiger partial charge in [0.2, 0.25) is 0 Å². The number of benzene rings is 2. The van der Waals surface area contributed by atoms with Crippen LogP contribution in [-0.2, 0) is 13.0 Å². The van der Waals surface area contributed by atoms with E-state index in [2.05, 4.69) is 61.7 Å². The summed E-state index contributed by atoms with van der Waals surface area (Å²) in [5.41, 5.74) is 3.57. The number of para-hydroxylation sites is 2. The maximum Gasteiger partial charge on any atom is 0.119 e. The topological polar surface area (TPSA) is 27.1 Å². The van der Waals surface area contributed by atoms with Gasteiger partial charge in [-0.1, -0.05) is 43.7 Å². The summed E-state index contributed by atoms with van der Waals surface area (Å²) in [5, 5.41) is 0. The molecule has 0 radical (unpaired) electrons. The van der Waals surface area contributed by atoms with Crippen LogP contribution in [0.15, 0.2) is 48.5 Å². The van der Waals surface area contributed by atoms with E-state index >= 15 is 0 Å². The van der Waals surface area contributed by atoms with Crippen molar-refractivity contribution in [3.8, 4) is 5.75 Å². The van der Waals surface area contributed by atoms with Crippen LogP contribution in [0, 0.1) is 12.8 Å². The highest BCUT2D eigenvalue weighted by Crippen LogP contribution is 2.19. The molecule has 0 unspecified atom stereocenters. The lowest BCUT2D eigenvalue weighted by Crippen LogP contribution is -2.09. The first-order chi connectivity index (χ1) is 11.6. The summed E-state index contributed by atoms with van der Waals surface area (Å²) in [6.07, 6.45) is 1.98. The summed E-state index contributed by atoms with van der Waals surface area (Å²) in [7, 11) is 0. The smallest absolute Gasteiger partial charge is 0.119 e. The summed E-state index contributed by atoms with van der Waals surface area (Å²) < 4.78 is 8.21. The molecular formula is C21H26N2O. The summed E-state index contributed by atoms with van der Waals surface area (Å²) >= 11 is 0. The van der Waals surface area contributed by atoms with Crippen molar-refractivity contribution in [1.82, 2.24) is 9.55 Å². The molecule has 1 aromatic heterocycles. The molecule has 3 aromatic rings. The van der Waals surface area contributed by atoms with Gasteiger partial charge in [0.15, 0.2) is 0 Å². The molecule has 0 saturated carbocycles. The molecule has 0 aliphatic heterocycles. The Labute approximate surface area is 144 Å². The van der Waals surface area contributed by atoms with Crippen LogP contribution >= 0.6 is 0 Å². The van der Waals surface area contributed by atoms with Crippen LogP contribution in [0.5, 0.6) is 5.75 Å². The number of hydrogen-bond donors (Lipinski definition) is 0. The first-order valence-corrected chi connectivity index (χ1v) is 8.77. The fraction of sp³-hybridized carbons (Fsp3) is 0.381. The number of fused-ring (bicyclic) bond motifs is 1. The zero-order chi connectivity index (χ0) is 16.9. The first kappa shape index (κ1) is 16.6. The van der Waals surface area contributed by atoms with Gasteiger partial charge in [0.05, 0.1) is 17.6 Å². The molecule has 0 amide bonds. The lowest BCUT2D eigenvalue weighted by atomic mass is 10.1. The number of rotatable bonds is 7. The minimum Gasteiger partial charge on any atom is -0.494 e. The van der Waals surface area contributed by atoms with E-state index in [0.29, 0.717) is 5.92 Å². The third-order valence-electron chi connectivity index (χ3n) is 4.14. The highest BCUT2D eigenvalue weighted by Gasteiger charge is 2.11. The van der Waals surface area contributed by atoms with Gasteiger partial charge in [0.25, 0.3) is 0 Å². The molecule has 0 N–H and O–H groups in total. The standard InChI is InChI=1S/C21H26N2O/c1-16(2)15-21-22-19-7-4-5-8-20(19)23(21)13-6-14-24-18-11-9-17(3)10-12-18/h4-5,7-12,16H,6,13-15H2,1-3H3. The molecule has 2 aromatic carbocycles. The Kier molecular flexibility index (Phi) is 5.19. The minimum absolute atomic E-state index is 0.601. The van der Waals surface area contributed by atoms with Crippen molar-refractivity contribution in [3.63, 3.8) is 0 Å². The van der Waals surface area contributed by atoms with Crippen molar-refractivity contribution in [2.45, 2.75) is 40.2 Å². The molecule has 126 valence electrons. The number of ether oxygens (including phenoxy) is 1. The lowest BCUT2D eigenvalue weighted by molar-refractivity contribution is 0.301. The summed E-state index contributed by atoms with van der Waals surface area (Å²) in [6, 6.07) is 16.6. The van der Waals surface area contributed by atoms with Crippen LogP contribution in [0.1, 0.15) is 31.7 Å². The third kappa shape index (κ3) is 3.97. The molecule has 0 fully saturated rings. The molecule has 3 heteroatoms. The second kappa shape index (κ2) is 7.52. The van der Waals surface area contributed by atoms with Gasteiger partial charge in [0, 0.05) is 13.0 Å². The van der Waals surface area contributed by atoms with Crippen molar-refractivity contribution in [2.24, 2.45) is 5.92 Å². The molecule has 0 spiro atoms. The van der Waals surface area contributed by atoms with E-state index in [-0.39, 0.29) is 0 Å². The van der Waals surface area contributed by atoms with Crippen molar-refractivity contribution in [1.29, 1.82) is 0 Å². The van der Waals surface area contributed by atoms with Gasteiger partial charge in [-0.25, -0.2) is 4.98 Å². The number of aromatic nitrogens is 2. The van der Waals surface area contributed by atoms with E-state index in [0.717, 1.165) is 37.3 Å². The molecule has 0 saturated heterocycles. The Hall–Kier alpha value is -2.29. The van der Waals surface area contributed by atoms with E-state index < -0.39 is 0 Å². The lowest BCUT2D eigenvalue weighted by Gasteiger charge is -2.11. The molecule has 3 nitrogen and oxygen atoms in total. The van der Waals surface area contributed by atoms with Gasteiger partial charge in [0.1, 0.15) is 11.6 Å². The largest absolute Gasteiger partial charge is 0.494 e. The number of imidazole rings is 1. The van der Waals surface area contributed by atoms with Crippen LogP contribution in [0.4, 0.5) is 0 Å². The Morgan fingerprint density at radius 1 is 1.04 bits per heavy atom. The van der Waals surface area contributed by atoms with Gasteiger partial charge >= 0.3 is 0 Å². The fourth-order valence-electron chi connectivity index (χ4n) is 2.94. The molecule has 0 atom stereocenters. The van der Waals surface area contributed by atoms with Gasteiger partial charge < -0.3 is 9.30 Å². The van der Waals surface area contributed by atoms with Crippen LogP contribution < -0.4 is 4.74 Å². The Balaban J connectivity index is 1.66. The van der Waals surface area contributed by atoms with E-state index in [9.17, 15) is 0 Å². The zero-order valence-electron chi connectivity index (χ0n) is 14.8. The second-order valence-electron chi connectivity index (χ2n) is 6.78. The van der Waals surface area contributed by atoms with E-state index in [1.54, 1.807) is 0 Å². The van der Waals surface area contributed by atoms with Crippen LogP contribution in [0.25, 0.3) is 11.0 Å². The second-order valence-corrected chi connectivity index (χ2v) is 6.78. The van der Waals surface area contributed by atoms with Crippen molar-refractivity contribution in [3.05, 3.63) is 59.9 Å². The van der Waals surface area contributed by atoms with Gasteiger partial charge in [-0.2, -0.15) is 0 Å². The molecule has 24 heavy (non-hydrogen) atoms. The number of aryl methyl sites for hydroxylation is 2.